The Morgan fingerprint density at radius 2 is 1.91 bits per heavy atom. The lowest BCUT2D eigenvalue weighted by atomic mass is 10.0. The lowest BCUT2D eigenvalue weighted by molar-refractivity contribution is 0.471. The maximum Gasteiger partial charge on any atom is -0.00262 e. The maximum atomic E-state index is 3.21. The first-order valence-electron chi connectivity index (χ1n) is 4.95. The van der Waals surface area contributed by atoms with Crippen LogP contribution in [0.5, 0.6) is 0 Å². The second kappa shape index (κ2) is 8.06. The molecule has 1 unspecified atom stereocenters. The molecule has 0 spiro atoms. The van der Waals surface area contributed by atoms with Crippen LogP contribution in [0.15, 0.2) is 0 Å². The van der Waals surface area contributed by atoms with Crippen LogP contribution < -0.4 is 5.32 Å². The van der Waals surface area contributed by atoms with E-state index in [1.807, 2.05) is 7.05 Å². The molecule has 0 aromatic heterocycles. The number of nitrogens with one attached hydrogen (secondary N) is 1. The Balaban J connectivity index is 2.97. The predicted molar refractivity (Wildman–Crippen MR) is 51.8 cm³/mol. The van der Waals surface area contributed by atoms with E-state index in [1.54, 1.807) is 0 Å². The minimum Gasteiger partial charge on any atom is -0.319 e. The van der Waals surface area contributed by atoms with Crippen LogP contribution in [0.25, 0.3) is 0 Å². The summed E-state index contributed by atoms with van der Waals surface area (Å²) >= 11 is 0. The van der Waals surface area contributed by atoms with Crippen LogP contribution in [0.1, 0.15) is 46.0 Å². The molecule has 0 aromatic carbocycles. The van der Waals surface area contributed by atoms with Gasteiger partial charge in [0.05, 0.1) is 0 Å². The van der Waals surface area contributed by atoms with Gasteiger partial charge in [-0.05, 0) is 25.9 Å². The lowest BCUT2D eigenvalue weighted by Crippen LogP contribution is -2.15. The van der Waals surface area contributed by atoms with E-state index in [1.165, 1.54) is 38.6 Å². The first kappa shape index (κ1) is 11.0. The fourth-order valence-electron chi connectivity index (χ4n) is 1.37. The van der Waals surface area contributed by atoms with Crippen LogP contribution >= 0.6 is 0 Å². The lowest BCUT2D eigenvalue weighted by Gasteiger charge is -2.09. The maximum absolute atomic E-state index is 3.21. The van der Waals surface area contributed by atoms with Crippen LogP contribution in [-0.4, -0.2) is 13.6 Å². The van der Waals surface area contributed by atoms with Gasteiger partial charge in [0.15, 0.2) is 0 Å². The average molecular weight is 157 g/mol. The molecule has 0 fully saturated rings. The topological polar surface area (TPSA) is 12.0 Å². The van der Waals surface area contributed by atoms with Crippen molar-refractivity contribution in [3.63, 3.8) is 0 Å². The van der Waals surface area contributed by atoms with E-state index in [0.717, 1.165) is 5.92 Å². The van der Waals surface area contributed by atoms with Gasteiger partial charge in [-0.15, -0.1) is 0 Å². The standard InChI is InChI=1S/C10H23N/c1-4-5-6-7-8-10(2)9-11-3/h10-11H,4-9H2,1-3H3. The summed E-state index contributed by atoms with van der Waals surface area (Å²) in [5.74, 6) is 0.858. The summed E-state index contributed by atoms with van der Waals surface area (Å²) in [5, 5.41) is 3.21. The summed E-state index contributed by atoms with van der Waals surface area (Å²) in [6.07, 6.45) is 6.98. The number of unbranched alkanes of at least 4 members (excludes halogenated alkanes) is 3. The molecule has 0 aliphatic rings. The second-order valence-corrected chi connectivity index (χ2v) is 3.51. The third kappa shape index (κ3) is 7.86. The Bertz CT molecular complexity index is 71.3. The molecule has 68 valence electrons. The Kier molecular flexibility index (Phi) is 8.03. The highest BCUT2D eigenvalue weighted by atomic mass is 14.8. The van der Waals surface area contributed by atoms with E-state index < -0.39 is 0 Å². The quantitative estimate of drug-likeness (QED) is 0.560. The zero-order valence-electron chi connectivity index (χ0n) is 8.32. The monoisotopic (exact) mass is 157 g/mol. The molecule has 0 radical (unpaired) electrons. The minimum atomic E-state index is 0.858. The first-order chi connectivity index (χ1) is 5.31. The first-order valence-corrected chi connectivity index (χ1v) is 4.95. The summed E-state index contributed by atoms with van der Waals surface area (Å²) in [7, 11) is 2.03. The van der Waals surface area contributed by atoms with Crippen LogP contribution in [-0.2, 0) is 0 Å². The Labute approximate surface area is 71.6 Å². The zero-order valence-corrected chi connectivity index (χ0v) is 8.32. The van der Waals surface area contributed by atoms with Crippen molar-refractivity contribution in [2.45, 2.75) is 46.0 Å². The van der Waals surface area contributed by atoms with E-state index in [2.05, 4.69) is 19.2 Å². The molecule has 0 aliphatic carbocycles. The molecule has 0 heterocycles. The molecule has 0 saturated carbocycles. The van der Waals surface area contributed by atoms with Crippen LogP contribution in [0.3, 0.4) is 0 Å². The van der Waals surface area contributed by atoms with Crippen LogP contribution in [0.2, 0.25) is 0 Å². The van der Waals surface area contributed by atoms with Gasteiger partial charge in [0.2, 0.25) is 0 Å². The van der Waals surface area contributed by atoms with E-state index in [4.69, 9.17) is 0 Å². The van der Waals surface area contributed by atoms with Crippen molar-refractivity contribution in [1.29, 1.82) is 0 Å². The predicted octanol–water partition coefficient (Wildman–Crippen LogP) is 2.81. The van der Waals surface area contributed by atoms with E-state index >= 15 is 0 Å². The van der Waals surface area contributed by atoms with E-state index in [0.29, 0.717) is 0 Å². The van der Waals surface area contributed by atoms with Gasteiger partial charge in [-0.3, -0.25) is 0 Å². The number of rotatable bonds is 7. The fourth-order valence-corrected chi connectivity index (χ4v) is 1.37. The van der Waals surface area contributed by atoms with Gasteiger partial charge in [-0.25, -0.2) is 0 Å². The highest BCUT2D eigenvalue weighted by Crippen LogP contribution is 2.08. The SMILES string of the molecule is CCCCCCC(C)CNC. The summed E-state index contributed by atoms with van der Waals surface area (Å²) < 4.78 is 0. The molecule has 0 aliphatic heterocycles. The highest BCUT2D eigenvalue weighted by Gasteiger charge is 1.98. The third-order valence-corrected chi connectivity index (χ3v) is 2.10. The molecule has 1 atom stereocenters. The molecule has 0 rings (SSSR count). The van der Waals surface area contributed by atoms with Crippen LogP contribution in [0.4, 0.5) is 0 Å². The smallest absolute Gasteiger partial charge is 0.00262 e. The molecular weight excluding hydrogens is 134 g/mol. The molecule has 11 heavy (non-hydrogen) atoms. The highest BCUT2D eigenvalue weighted by molar-refractivity contribution is 4.54. The molecule has 1 N–H and O–H groups in total. The van der Waals surface area contributed by atoms with Crippen molar-refractivity contribution in [3.05, 3.63) is 0 Å². The summed E-state index contributed by atoms with van der Waals surface area (Å²) in [6.45, 7) is 5.76. The van der Waals surface area contributed by atoms with Crippen molar-refractivity contribution in [1.82, 2.24) is 5.32 Å². The van der Waals surface area contributed by atoms with E-state index in [-0.39, 0.29) is 0 Å². The van der Waals surface area contributed by atoms with E-state index in [9.17, 15) is 0 Å². The van der Waals surface area contributed by atoms with Gasteiger partial charge in [0.1, 0.15) is 0 Å². The molecule has 0 bridgehead atoms. The molecular formula is C10H23N. The Hall–Kier alpha value is -0.0400. The number of hydrogen-bond acceptors (Lipinski definition) is 1. The van der Waals surface area contributed by atoms with Gasteiger partial charge in [-0.1, -0.05) is 39.5 Å². The average Bonchev–Trinajstić information content (AvgIpc) is 1.99. The van der Waals surface area contributed by atoms with Gasteiger partial charge in [0, 0.05) is 0 Å². The van der Waals surface area contributed by atoms with Crippen molar-refractivity contribution < 1.29 is 0 Å². The Morgan fingerprint density at radius 3 is 2.45 bits per heavy atom. The largest absolute Gasteiger partial charge is 0.319 e. The summed E-state index contributed by atoms with van der Waals surface area (Å²) in [6, 6.07) is 0. The van der Waals surface area contributed by atoms with Crippen LogP contribution in [0, 0.1) is 5.92 Å². The third-order valence-electron chi connectivity index (χ3n) is 2.10. The van der Waals surface area contributed by atoms with Gasteiger partial charge >= 0.3 is 0 Å². The van der Waals surface area contributed by atoms with Gasteiger partial charge < -0.3 is 5.32 Å². The molecule has 0 saturated heterocycles. The zero-order chi connectivity index (χ0) is 8.53. The molecule has 0 amide bonds. The molecule has 1 nitrogen and oxygen atoms in total. The second-order valence-electron chi connectivity index (χ2n) is 3.51. The fraction of sp³-hybridized carbons (Fsp3) is 1.00. The van der Waals surface area contributed by atoms with Crippen molar-refractivity contribution in [2.24, 2.45) is 5.92 Å². The molecule has 0 aromatic rings. The van der Waals surface area contributed by atoms with Crippen molar-refractivity contribution in [3.8, 4) is 0 Å². The minimum absolute atomic E-state index is 0.858. The summed E-state index contributed by atoms with van der Waals surface area (Å²) in [4.78, 5) is 0. The van der Waals surface area contributed by atoms with Gasteiger partial charge in [-0.2, -0.15) is 0 Å². The van der Waals surface area contributed by atoms with Gasteiger partial charge in [0.25, 0.3) is 0 Å². The van der Waals surface area contributed by atoms with Crippen molar-refractivity contribution in [2.75, 3.05) is 13.6 Å². The molecule has 1 heteroatoms. The normalized spacial score (nSPS) is 13.4. The van der Waals surface area contributed by atoms with Crippen molar-refractivity contribution >= 4 is 0 Å². The number of hydrogen-bond donors (Lipinski definition) is 1. The summed E-state index contributed by atoms with van der Waals surface area (Å²) in [5.41, 5.74) is 0. The Morgan fingerprint density at radius 1 is 1.18 bits per heavy atom.